The van der Waals surface area contributed by atoms with Crippen molar-refractivity contribution in [2.24, 2.45) is 5.73 Å². The van der Waals surface area contributed by atoms with Crippen molar-refractivity contribution in [1.29, 1.82) is 0 Å². The lowest BCUT2D eigenvalue weighted by Gasteiger charge is -2.08. The smallest absolute Gasteiger partial charge is 0.246 e. The van der Waals surface area contributed by atoms with Crippen LogP contribution in [0, 0.1) is 0 Å². The molecule has 0 spiro atoms. The standard InChI is InChI=1S/C8H18N2O2/c1-7(2)10-8(11)6-12-5-3-4-9/h7H,3-6,9H2,1-2H3,(H,10,11). The van der Waals surface area contributed by atoms with Crippen LogP contribution in [0.15, 0.2) is 0 Å². The predicted molar refractivity (Wildman–Crippen MR) is 47.8 cm³/mol. The van der Waals surface area contributed by atoms with Gasteiger partial charge in [0.1, 0.15) is 6.61 Å². The van der Waals surface area contributed by atoms with Crippen molar-refractivity contribution in [3.63, 3.8) is 0 Å². The van der Waals surface area contributed by atoms with E-state index in [1.165, 1.54) is 0 Å². The molecular weight excluding hydrogens is 156 g/mol. The number of amides is 1. The molecule has 0 aliphatic heterocycles. The van der Waals surface area contributed by atoms with E-state index in [-0.39, 0.29) is 18.6 Å². The Morgan fingerprint density at radius 2 is 2.25 bits per heavy atom. The molecule has 4 heteroatoms. The lowest BCUT2D eigenvalue weighted by atomic mass is 10.4. The number of nitrogens with two attached hydrogens (primary N) is 1. The summed E-state index contributed by atoms with van der Waals surface area (Å²) in [7, 11) is 0. The van der Waals surface area contributed by atoms with Gasteiger partial charge in [-0.1, -0.05) is 0 Å². The van der Waals surface area contributed by atoms with Gasteiger partial charge in [0, 0.05) is 12.6 Å². The molecule has 0 aliphatic carbocycles. The van der Waals surface area contributed by atoms with Gasteiger partial charge in [0.25, 0.3) is 0 Å². The Bertz CT molecular complexity index is 126. The largest absolute Gasteiger partial charge is 0.372 e. The molecule has 0 bridgehead atoms. The van der Waals surface area contributed by atoms with Crippen LogP contribution in [0.5, 0.6) is 0 Å². The summed E-state index contributed by atoms with van der Waals surface area (Å²) in [5.41, 5.74) is 5.25. The first kappa shape index (κ1) is 11.4. The minimum Gasteiger partial charge on any atom is -0.372 e. The molecule has 0 aromatic rings. The number of carbonyl (C=O) groups excluding carboxylic acids is 1. The van der Waals surface area contributed by atoms with Gasteiger partial charge < -0.3 is 15.8 Å². The molecule has 0 saturated heterocycles. The highest BCUT2D eigenvalue weighted by molar-refractivity contribution is 5.77. The minimum atomic E-state index is -0.0676. The van der Waals surface area contributed by atoms with Gasteiger partial charge in [-0.2, -0.15) is 0 Å². The third-order valence-electron chi connectivity index (χ3n) is 1.18. The fourth-order valence-corrected chi connectivity index (χ4v) is 0.714. The lowest BCUT2D eigenvalue weighted by molar-refractivity contribution is -0.126. The van der Waals surface area contributed by atoms with Gasteiger partial charge >= 0.3 is 0 Å². The second-order valence-corrected chi connectivity index (χ2v) is 2.92. The SMILES string of the molecule is CC(C)NC(=O)COCCCN. The lowest BCUT2D eigenvalue weighted by Crippen LogP contribution is -2.33. The van der Waals surface area contributed by atoms with E-state index in [1.54, 1.807) is 0 Å². The van der Waals surface area contributed by atoms with Crippen LogP contribution >= 0.6 is 0 Å². The molecule has 4 nitrogen and oxygen atoms in total. The van der Waals surface area contributed by atoms with E-state index in [0.29, 0.717) is 13.2 Å². The molecule has 0 unspecified atom stereocenters. The molecule has 0 aliphatic rings. The molecule has 0 atom stereocenters. The van der Waals surface area contributed by atoms with Crippen molar-refractivity contribution >= 4 is 5.91 Å². The molecule has 0 aromatic heterocycles. The van der Waals surface area contributed by atoms with Crippen LogP contribution in [0.25, 0.3) is 0 Å². The molecule has 72 valence electrons. The first-order chi connectivity index (χ1) is 5.66. The van der Waals surface area contributed by atoms with Gasteiger partial charge in [-0.3, -0.25) is 4.79 Å². The predicted octanol–water partition coefficient (Wildman–Crippen LogP) is -0.124. The van der Waals surface area contributed by atoms with E-state index < -0.39 is 0 Å². The molecule has 0 fully saturated rings. The Morgan fingerprint density at radius 3 is 2.75 bits per heavy atom. The second-order valence-electron chi connectivity index (χ2n) is 2.92. The summed E-state index contributed by atoms with van der Waals surface area (Å²) in [5.74, 6) is -0.0676. The van der Waals surface area contributed by atoms with E-state index >= 15 is 0 Å². The molecule has 0 rings (SSSR count). The van der Waals surface area contributed by atoms with Gasteiger partial charge in [-0.05, 0) is 26.8 Å². The number of hydrogen-bond donors (Lipinski definition) is 2. The zero-order valence-electron chi connectivity index (χ0n) is 7.80. The summed E-state index contributed by atoms with van der Waals surface area (Å²) in [6.45, 7) is 5.13. The Morgan fingerprint density at radius 1 is 1.58 bits per heavy atom. The number of carbonyl (C=O) groups is 1. The van der Waals surface area contributed by atoms with Crippen LogP contribution in [0.2, 0.25) is 0 Å². The van der Waals surface area contributed by atoms with E-state index in [9.17, 15) is 4.79 Å². The molecule has 0 aromatic carbocycles. The van der Waals surface area contributed by atoms with Gasteiger partial charge in [0.15, 0.2) is 0 Å². The number of rotatable bonds is 6. The molecule has 0 radical (unpaired) electrons. The van der Waals surface area contributed by atoms with E-state index in [4.69, 9.17) is 10.5 Å². The average Bonchev–Trinajstić information content (AvgIpc) is 1.97. The number of nitrogens with one attached hydrogen (secondary N) is 1. The summed E-state index contributed by atoms with van der Waals surface area (Å²) in [5, 5.41) is 2.72. The normalized spacial score (nSPS) is 10.3. The third-order valence-corrected chi connectivity index (χ3v) is 1.18. The maximum Gasteiger partial charge on any atom is 0.246 e. The molecule has 0 heterocycles. The van der Waals surface area contributed by atoms with E-state index in [1.807, 2.05) is 13.8 Å². The second kappa shape index (κ2) is 7.06. The van der Waals surface area contributed by atoms with Gasteiger partial charge in [0.2, 0.25) is 5.91 Å². The summed E-state index contributed by atoms with van der Waals surface area (Å²) in [6.07, 6.45) is 0.801. The van der Waals surface area contributed by atoms with Crippen molar-refractivity contribution < 1.29 is 9.53 Å². The molecule has 12 heavy (non-hydrogen) atoms. The molecule has 3 N–H and O–H groups in total. The summed E-state index contributed by atoms with van der Waals surface area (Å²) >= 11 is 0. The zero-order chi connectivity index (χ0) is 9.40. The van der Waals surface area contributed by atoms with Gasteiger partial charge in [-0.15, -0.1) is 0 Å². The average molecular weight is 174 g/mol. The van der Waals surface area contributed by atoms with Crippen molar-refractivity contribution in [1.82, 2.24) is 5.32 Å². The van der Waals surface area contributed by atoms with Crippen molar-refractivity contribution in [3.05, 3.63) is 0 Å². The van der Waals surface area contributed by atoms with E-state index in [2.05, 4.69) is 5.32 Å². The van der Waals surface area contributed by atoms with Gasteiger partial charge in [-0.25, -0.2) is 0 Å². The Balaban J connectivity index is 3.20. The van der Waals surface area contributed by atoms with Crippen LogP contribution in [-0.4, -0.2) is 31.7 Å². The molecule has 1 amide bonds. The first-order valence-electron chi connectivity index (χ1n) is 4.24. The van der Waals surface area contributed by atoms with Crippen LogP contribution in [0.4, 0.5) is 0 Å². The maximum atomic E-state index is 10.9. The Kier molecular flexibility index (Phi) is 6.70. The first-order valence-corrected chi connectivity index (χ1v) is 4.24. The number of ether oxygens (including phenoxy) is 1. The van der Waals surface area contributed by atoms with Crippen LogP contribution in [0.3, 0.4) is 0 Å². The van der Waals surface area contributed by atoms with Crippen molar-refractivity contribution in [3.8, 4) is 0 Å². The van der Waals surface area contributed by atoms with Crippen LogP contribution in [0.1, 0.15) is 20.3 Å². The van der Waals surface area contributed by atoms with Crippen LogP contribution < -0.4 is 11.1 Å². The van der Waals surface area contributed by atoms with Crippen molar-refractivity contribution in [2.75, 3.05) is 19.8 Å². The van der Waals surface area contributed by atoms with Crippen LogP contribution in [-0.2, 0) is 9.53 Å². The molecule has 0 saturated carbocycles. The summed E-state index contributed by atoms with van der Waals surface area (Å²) in [4.78, 5) is 10.9. The highest BCUT2D eigenvalue weighted by atomic mass is 16.5. The van der Waals surface area contributed by atoms with Gasteiger partial charge in [0.05, 0.1) is 0 Å². The quantitative estimate of drug-likeness (QED) is 0.552. The van der Waals surface area contributed by atoms with E-state index in [0.717, 1.165) is 6.42 Å². The highest BCUT2D eigenvalue weighted by Crippen LogP contribution is 1.82. The third kappa shape index (κ3) is 7.50. The highest BCUT2D eigenvalue weighted by Gasteiger charge is 2.01. The monoisotopic (exact) mass is 174 g/mol. The Labute approximate surface area is 73.5 Å². The number of hydrogen-bond acceptors (Lipinski definition) is 3. The maximum absolute atomic E-state index is 10.9. The fourth-order valence-electron chi connectivity index (χ4n) is 0.714. The fraction of sp³-hybridized carbons (Fsp3) is 0.875. The topological polar surface area (TPSA) is 64.3 Å². The molecular formula is C8H18N2O2. The summed E-state index contributed by atoms with van der Waals surface area (Å²) < 4.78 is 5.04. The summed E-state index contributed by atoms with van der Waals surface area (Å²) in [6, 6.07) is 0.176. The Hall–Kier alpha value is -0.610. The minimum absolute atomic E-state index is 0.0676. The zero-order valence-corrected chi connectivity index (χ0v) is 7.80. The van der Waals surface area contributed by atoms with Crippen molar-refractivity contribution in [2.45, 2.75) is 26.3 Å².